The molecule has 0 radical (unpaired) electrons. The number of ether oxygens (including phenoxy) is 1. The highest BCUT2D eigenvalue weighted by Gasteiger charge is 2.43. The van der Waals surface area contributed by atoms with Gasteiger partial charge in [0, 0.05) is 18.6 Å². The zero-order valence-corrected chi connectivity index (χ0v) is 21.2. The first-order valence-electron chi connectivity index (χ1n) is 12.5. The number of hydrogen-bond donors (Lipinski definition) is 1. The molecule has 1 aliphatic heterocycles. The summed E-state index contributed by atoms with van der Waals surface area (Å²) < 4.78 is 44.6. The number of rotatable bonds is 9. The van der Waals surface area contributed by atoms with E-state index in [4.69, 9.17) is 10.5 Å². The molecule has 0 spiro atoms. The lowest BCUT2D eigenvalue weighted by molar-refractivity contribution is -0.137. The fraction of sp³-hybridized carbons (Fsp3) is 0.367. The van der Waals surface area contributed by atoms with Gasteiger partial charge in [0.15, 0.2) is 0 Å². The van der Waals surface area contributed by atoms with Gasteiger partial charge in [-0.1, -0.05) is 60.7 Å². The number of nitrogens with two attached hydrogens (primary N) is 1. The average Bonchev–Trinajstić information content (AvgIpc) is 3.35. The van der Waals surface area contributed by atoms with E-state index >= 15 is 0 Å². The van der Waals surface area contributed by atoms with E-state index < -0.39 is 17.2 Å². The van der Waals surface area contributed by atoms with Crippen LogP contribution in [0.1, 0.15) is 49.8 Å². The molecule has 1 atom stereocenters. The first-order valence-corrected chi connectivity index (χ1v) is 12.5. The van der Waals surface area contributed by atoms with Crippen LogP contribution in [0.3, 0.4) is 0 Å². The predicted molar refractivity (Wildman–Crippen MR) is 138 cm³/mol. The number of nitrogens with zero attached hydrogens (tertiary/aromatic N) is 1. The van der Waals surface area contributed by atoms with Gasteiger partial charge in [-0.05, 0) is 68.5 Å². The van der Waals surface area contributed by atoms with E-state index in [2.05, 4.69) is 18.7 Å². The molecule has 0 saturated carbocycles. The molecule has 0 bridgehead atoms. The Labute approximate surface area is 216 Å². The summed E-state index contributed by atoms with van der Waals surface area (Å²) in [6, 6.07) is 24.2. The largest absolute Gasteiger partial charge is 0.489 e. The van der Waals surface area contributed by atoms with Gasteiger partial charge in [-0.3, -0.25) is 9.69 Å². The molecule has 1 fully saturated rings. The molecule has 3 aromatic rings. The summed E-state index contributed by atoms with van der Waals surface area (Å²) in [7, 11) is 0. The second kappa shape index (κ2) is 10.6. The van der Waals surface area contributed by atoms with Gasteiger partial charge < -0.3 is 10.5 Å². The Morgan fingerprint density at radius 2 is 1.41 bits per heavy atom. The molecule has 196 valence electrons. The van der Waals surface area contributed by atoms with Crippen LogP contribution < -0.4 is 10.5 Å². The smallest absolute Gasteiger partial charge is 0.416 e. The monoisotopic (exact) mass is 510 g/mol. The third-order valence-corrected chi connectivity index (χ3v) is 7.55. The Balaban J connectivity index is 1.48. The highest BCUT2D eigenvalue weighted by molar-refractivity contribution is 5.90. The zero-order chi connectivity index (χ0) is 26.7. The van der Waals surface area contributed by atoms with Gasteiger partial charge in [-0.15, -0.1) is 0 Å². The summed E-state index contributed by atoms with van der Waals surface area (Å²) in [5.41, 5.74) is 5.95. The van der Waals surface area contributed by atoms with Crippen molar-refractivity contribution in [3.8, 4) is 5.75 Å². The maximum Gasteiger partial charge on any atom is 0.416 e. The predicted octanol–water partition coefficient (Wildman–Crippen LogP) is 6.19. The number of alkyl halides is 3. The lowest BCUT2D eigenvalue weighted by Crippen LogP contribution is -2.47. The topological polar surface area (TPSA) is 55.6 Å². The van der Waals surface area contributed by atoms with Gasteiger partial charge in [0.2, 0.25) is 5.91 Å². The van der Waals surface area contributed by atoms with Crippen molar-refractivity contribution in [2.75, 3.05) is 13.1 Å². The van der Waals surface area contributed by atoms with Crippen LogP contribution in [-0.2, 0) is 16.4 Å². The van der Waals surface area contributed by atoms with Crippen molar-refractivity contribution in [3.63, 3.8) is 0 Å². The van der Waals surface area contributed by atoms with E-state index in [9.17, 15) is 18.0 Å². The summed E-state index contributed by atoms with van der Waals surface area (Å²) >= 11 is 0. The SMILES string of the molecule is CC(C)(CCC(C(N)=O)(c1ccccc1)c1ccccc1)N1CC[C@H](Oc2ccc(C(F)(F)F)cc2)C1. The van der Waals surface area contributed by atoms with Crippen molar-refractivity contribution < 1.29 is 22.7 Å². The number of carbonyl (C=O) groups is 1. The molecule has 4 rings (SSSR count). The van der Waals surface area contributed by atoms with Crippen LogP contribution in [0.25, 0.3) is 0 Å². The van der Waals surface area contributed by atoms with Crippen molar-refractivity contribution >= 4 is 5.91 Å². The van der Waals surface area contributed by atoms with Crippen molar-refractivity contribution in [1.29, 1.82) is 0 Å². The Morgan fingerprint density at radius 1 is 0.865 bits per heavy atom. The number of likely N-dealkylation sites (tertiary alicyclic amines) is 1. The maximum absolute atomic E-state index is 13.1. The molecular weight excluding hydrogens is 477 g/mol. The van der Waals surface area contributed by atoms with Crippen LogP contribution in [-0.4, -0.2) is 35.5 Å². The van der Waals surface area contributed by atoms with Crippen LogP contribution >= 0.6 is 0 Å². The summed E-state index contributed by atoms with van der Waals surface area (Å²) in [6.07, 6.45) is -2.49. The first kappa shape index (κ1) is 26.7. The molecule has 7 heteroatoms. The zero-order valence-electron chi connectivity index (χ0n) is 21.2. The Morgan fingerprint density at radius 3 is 1.89 bits per heavy atom. The quantitative estimate of drug-likeness (QED) is 0.374. The van der Waals surface area contributed by atoms with E-state index in [1.807, 2.05) is 60.7 Å². The lowest BCUT2D eigenvalue weighted by Gasteiger charge is -2.40. The number of carbonyl (C=O) groups excluding carboxylic acids is 1. The van der Waals surface area contributed by atoms with Gasteiger partial charge in [-0.2, -0.15) is 13.2 Å². The van der Waals surface area contributed by atoms with Gasteiger partial charge >= 0.3 is 6.18 Å². The second-order valence-corrected chi connectivity index (χ2v) is 10.3. The van der Waals surface area contributed by atoms with Gasteiger partial charge in [0.25, 0.3) is 0 Å². The second-order valence-electron chi connectivity index (χ2n) is 10.3. The third-order valence-electron chi connectivity index (χ3n) is 7.55. The first-order chi connectivity index (χ1) is 17.5. The Kier molecular flexibility index (Phi) is 7.64. The van der Waals surface area contributed by atoms with Crippen LogP contribution in [0, 0.1) is 0 Å². The summed E-state index contributed by atoms with van der Waals surface area (Å²) in [5.74, 6) is 0.0455. The molecular formula is C30H33F3N2O2. The highest BCUT2D eigenvalue weighted by atomic mass is 19.4. The molecule has 4 nitrogen and oxygen atoms in total. The summed E-state index contributed by atoms with van der Waals surface area (Å²) in [4.78, 5) is 15.4. The van der Waals surface area contributed by atoms with Crippen LogP contribution in [0.2, 0.25) is 0 Å². The van der Waals surface area contributed by atoms with Gasteiger partial charge in [0.05, 0.1) is 11.0 Å². The maximum atomic E-state index is 13.1. The number of halogens is 3. The molecule has 1 amide bonds. The van der Waals surface area contributed by atoms with Crippen molar-refractivity contribution in [2.24, 2.45) is 5.73 Å². The molecule has 0 unspecified atom stereocenters. The van der Waals surface area contributed by atoms with Gasteiger partial charge in [0.1, 0.15) is 11.9 Å². The Hall–Kier alpha value is -3.32. The number of hydrogen-bond acceptors (Lipinski definition) is 3. The molecule has 0 aromatic heterocycles. The fourth-order valence-electron chi connectivity index (χ4n) is 5.25. The lowest BCUT2D eigenvalue weighted by atomic mass is 9.69. The number of amides is 1. The molecule has 2 N–H and O–H groups in total. The van der Waals surface area contributed by atoms with E-state index in [-0.39, 0.29) is 17.6 Å². The molecule has 3 aromatic carbocycles. The van der Waals surface area contributed by atoms with Crippen molar-refractivity contribution in [1.82, 2.24) is 4.90 Å². The molecule has 1 heterocycles. The molecule has 1 aliphatic rings. The minimum absolute atomic E-state index is 0.125. The van der Waals surface area contributed by atoms with Crippen LogP contribution in [0.5, 0.6) is 5.75 Å². The van der Waals surface area contributed by atoms with E-state index in [0.29, 0.717) is 25.1 Å². The summed E-state index contributed by atoms with van der Waals surface area (Å²) in [5, 5.41) is 0. The third kappa shape index (κ3) is 5.82. The molecule has 0 aliphatic carbocycles. The van der Waals surface area contributed by atoms with Crippen molar-refractivity contribution in [2.45, 2.75) is 56.3 Å². The number of primary amides is 1. The van der Waals surface area contributed by atoms with Gasteiger partial charge in [-0.25, -0.2) is 0 Å². The minimum Gasteiger partial charge on any atom is -0.489 e. The van der Waals surface area contributed by atoms with E-state index in [1.165, 1.54) is 12.1 Å². The highest BCUT2D eigenvalue weighted by Crippen LogP contribution is 2.40. The van der Waals surface area contributed by atoms with Crippen LogP contribution in [0.15, 0.2) is 84.9 Å². The van der Waals surface area contributed by atoms with E-state index in [0.717, 1.165) is 36.2 Å². The van der Waals surface area contributed by atoms with E-state index in [1.54, 1.807) is 0 Å². The standard InChI is InChI=1S/C30H33F3N2O2/c1-28(2,35-20-17-26(21-35)37-25-15-13-24(14-16-25)30(31,32)33)18-19-29(27(34)36,22-9-5-3-6-10-22)23-11-7-4-8-12-23/h3-16,26H,17-21H2,1-2H3,(H2,34,36)/t26-/m0/s1. The normalized spacial score (nSPS) is 17.1. The van der Waals surface area contributed by atoms with Crippen LogP contribution in [0.4, 0.5) is 13.2 Å². The minimum atomic E-state index is -4.37. The molecule has 1 saturated heterocycles. The van der Waals surface area contributed by atoms with Crippen molar-refractivity contribution in [3.05, 3.63) is 102 Å². The average molecular weight is 511 g/mol. The number of benzene rings is 3. The molecule has 37 heavy (non-hydrogen) atoms. The fourth-order valence-corrected chi connectivity index (χ4v) is 5.25. The summed E-state index contributed by atoms with van der Waals surface area (Å²) in [6.45, 7) is 5.73. The Bertz CT molecular complexity index is 1140.